The molecule has 0 saturated carbocycles. The normalized spacial score (nSPS) is 15.8. The number of hydrogen-bond acceptors (Lipinski definition) is 4. The van der Waals surface area contributed by atoms with E-state index in [4.69, 9.17) is 0 Å². The van der Waals surface area contributed by atoms with Gasteiger partial charge in [0.25, 0.3) is 0 Å². The van der Waals surface area contributed by atoms with Crippen LogP contribution in [0, 0.1) is 0 Å². The van der Waals surface area contributed by atoms with Crippen LogP contribution in [0.15, 0.2) is 11.3 Å². The smallest absolute Gasteiger partial charge is 0.191 e. The van der Waals surface area contributed by atoms with Gasteiger partial charge in [-0.3, -0.25) is 4.99 Å². The molecule has 8 heteroatoms. The van der Waals surface area contributed by atoms with Crippen LogP contribution >= 0.6 is 24.0 Å². The van der Waals surface area contributed by atoms with Crippen molar-refractivity contribution in [3.05, 3.63) is 12.2 Å². The lowest BCUT2D eigenvalue weighted by Crippen LogP contribution is -2.40. The first-order chi connectivity index (χ1) is 11.3. The molecule has 0 aliphatic carbocycles. The molecule has 1 fully saturated rings. The molecule has 2 heterocycles. The van der Waals surface area contributed by atoms with Gasteiger partial charge in [-0.25, -0.2) is 0 Å². The van der Waals surface area contributed by atoms with Crippen molar-refractivity contribution >= 4 is 29.9 Å². The fourth-order valence-electron chi connectivity index (χ4n) is 2.86. The van der Waals surface area contributed by atoms with Crippen LogP contribution in [-0.2, 0) is 13.0 Å². The first kappa shape index (κ1) is 21.1. The van der Waals surface area contributed by atoms with Crippen LogP contribution in [-0.4, -0.2) is 64.9 Å². The Bertz CT molecular complexity index is 469. The minimum Gasteiger partial charge on any atom is -0.357 e. The van der Waals surface area contributed by atoms with Gasteiger partial charge < -0.3 is 20.1 Å². The second kappa shape index (κ2) is 12.5. The molecule has 24 heavy (non-hydrogen) atoms. The number of hydrogen-bond donors (Lipinski definition) is 2. The van der Waals surface area contributed by atoms with Crippen LogP contribution in [0.25, 0.3) is 0 Å². The number of nitrogens with one attached hydrogen (secondary N) is 2. The molecule has 0 aromatic carbocycles. The van der Waals surface area contributed by atoms with Crippen molar-refractivity contribution in [3.8, 4) is 0 Å². The molecule has 2 rings (SSSR count). The molecule has 138 valence electrons. The van der Waals surface area contributed by atoms with Gasteiger partial charge in [0.2, 0.25) is 0 Å². The minimum atomic E-state index is 0. The standard InChI is InChI=1S/C16H31N7.HI/c1-3-15-21-20-14-23(15)13-9-19-16(17-4-2)18-8-12-22-10-6-5-7-11-22;/h14H,3-13H2,1-2H3,(H2,17,18,19);1H. The number of halogens is 1. The lowest BCUT2D eigenvalue weighted by atomic mass is 10.1. The van der Waals surface area contributed by atoms with Gasteiger partial charge in [0.15, 0.2) is 5.96 Å². The topological polar surface area (TPSA) is 70.4 Å². The highest BCUT2D eigenvalue weighted by Gasteiger charge is 2.09. The molecular formula is C16H32IN7. The van der Waals surface area contributed by atoms with Crippen LogP contribution in [0.2, 0.25) is 0 Å². The summed E-state index contributed by atoms with van der Waals surface area (Å²) < 4.78 is 2.09. The van der Waals surface area contributed by atoms with Crippen LogP contribution in [0.5, 0.6) is 0 Å². The van der Waals surface area contributed by atoms with Gasteiger partial charge in [-0.15, -0.1) is 34.2 Å². The monoisotopic (exact) mass is 449 g/mol. The first-order valence-electron chi connectivity index (χ1n) is 8.94. The summed E-state index contributed by atoms with van der Waals surface area (Å²) in [6.45, 7) is 11.1. The summed E-state index contributed by atoms with van der Waals surface area (Å²) in [7, 11) is 0. The van der Waals surface area contributed by atoms with Gasteiger partial charge in [0.1, 0.15) is 12.2 Å². The average molecular weight is 449 g/mol. The molecule has 1 aromatic heterocycles. The molecule has 1 aromatic rings. The number of nitrogens with zero attached hydrogens (tertiary/aromatic N) is 5. The summed E-state index contributed by atoms with van der Waals surface area (Å²) in [4.78, 5) is 7.20. The van der Waals surface area contributed by atoms with Gasteiger partial charge in [0, 0.05) is 32.6 Å². The molecule has 0 atom stereocenters. The van der Waals surface area contributed by atoms with E-state index in [9.17, 15) is 0 Å². The zero-order valence-corrected chi connectivity index (χ0v) is 17.3. The number of rotatable bonds is 8. The lowest BCUT2D eigenvalue weighted by Gasteiger charge is -2.25. The van der Waals surface area contributed by atoms with E-state index in [1.54, 1.807) is 6.33 Å². The third-order valence-corrected chi connectivity index (χ3v) is 4.14. The van der Waals surface area contributed by atoms with E-state index in [0.717, 1.165) is 50.9 Å². The van der Waals surface area contributed by atoms with Gasteiger partial charge >= 0.3 is 0 Å². The molecule has 1 aliphatic rings. The molecule has 0 radical (unpaired) electrons. The van der Waals surface area contributed by atoms with Crippen molar-refractivity contribution in [3.63, 3.8) is 0 Å². The third-order valence-electron chi connectivity index (χ3n) is 4.14. The van der Waals surface area contributed by atoms with Crippen molar-refractivity contribution in [1.82, 2.24) is 30.3 Å². The van der Waals surface area contributed by atoms with E-state index in [1.807, 2.05) is 0 Å². The highest BCUT2D eigenvalue weighted by molar-refractivity contribution is 14.0. The van der Waals surface area contributed by atoms with Gasteiger partial charge in [-0.05, 0) is 32.9 Å². The van der Waals surface area contributed by atoms with Crippen LogP contribution < -0.4 is 10.6 Å². The molecule has 1 aliphatic heterocycles. The Morgan fingerprint density at radius 2 is 1.96 bits per heavy atom. The molecule has 0 spiro atoms. The molecular weight excluding hydrogens is 417 g/mol. The van der Waals surface area contributed by atoms with Crippen LogP contribution in [0.4, 0.5) is 0 Å². The number of aliphatic imine (C=N–C) groups is 1. The fraction of sp³-hybridized carbons (Fsp3) is 0.812. The highest BCUT2D eigenvalue weighted by atomic mass is 127. The largest absolute Gasteiger partial charge is 0.357 e. The van der Waals surface area contributed by atoms with E-state index in [-0.39, 0.29) is 24.0 Å². The lowest BCUT2D eigenvalue weighted by molar-refractivity contribution is 0.235. The van der Waals surface area contributed by atoms with Gasteiger partial charge in [-0.1, -0.05) is 13.3 Å². The number of guanidine groups is 1. The Morgan fingerprint density at radius 1 is 1.17 bits per heavy atom. The van der Waals surface area contributed by atoms with E-state index >= 15 is 0 Å². The number of likely N-dealkylation sites (tertiary alicyclic amines) is 1. The maximum absolute atomic E-state index is 4.68. The summed E-state index contributed by atoms with van der Waals surface area (Å²) in [5, 5.41) is 14.8. The molecule has 0 amide bonds. The minimum absolute atomic E-state index is 0. The molecule has 0 unspecified atom stereocenters. The Labute approximate surface area is 162 Å². The van der Waals surface area contributed by atoms with Crippen molar-refractivity contribution in [1.29, 1.82) is 0 Å². The van der Waals surface area contributed by atoms with Crippen LogP contribution in [0.3, 0.4) is 0 Å². The first-order valence-corrected chi connectivity index (χ1v) is 8.94. The maximum atomic E-state index is 4.68. The Hall–Kier alpha value is -0.900. The predicted octanol–water partition coefficient (Wildman–Crippen LogP) is 1.50. The summed E-state index contributed by atoms with van der Waals surface area (Å²) in [5.41, 5.74) is 0. The van der Waals surface area contributed by atoms with E-state index < -0.39 is 0 Å². The van der Waals surface area contributed by atoms with Crippen molar-refractivity contribution in [2.45, 2.75) is 46.1 Å². The molecule has 1 saturated heterocycles. The van der Waals surface area contributed by atoms with Crippen molar-refractivity contribution in [2.75, 3.05) is 39.3 Å². The second-order valence-electron chi connectivity index (χ2n) is 5.88. The summed E-state index contributed by atoms with van der Waals surface area (Å²) in [5.74, 6) is 1.93. The average Bonchev–Trinajstić information content (AvgIpc) is 3.03. The zero-order valence-electron chi connectivity index (χ0n) is 15.0. The zero-order chi connectivity index (χ0) is 16.3. The summed E-state index contributed by atoms with van der Waals surface area (Å²) in [6.07, 6.45) is 6.75. The molecule has 7 nitrogen and oxygen atoms in total. The Kier molecular flexibility index (Phi) is 11.0. The number of piperidine rings is 1. The molecule has 0 bridgehead atoms. The Balaban J connectivity index is 0.00000288. The third kappa shape index (κ3) is 7.33. The van der Waals surface area contributed by atoms with E-state index in [1.165, 1.54) is 32.4 Å². The quantitative estimate of drug-likeness (QED) is 0.358. The highest BCUT2D eigenvalue weighted by Crippen LogP contribution is 2.07. The van der Waals surface area contributed by atoms with E-state index in [0.29, 0.717) is 0 Å². The maximum Gasteiger partial charge on any atom is 0.191 e. The number of aryl methyl sites for hydroxylation is 1. The summed E-state index contributed by atoms with van der Waals surface area (Å²) in [6, 6.07) is 0. The Morgan fingerprint density at radius 3 is 2.67 bits per heavy atom. The summed E-state index contributed by atoms with van der Waals surface area (Å²) >= 11 is 0. The predicted molar refractivity (Wildman–Crippen MR) is 109 cm³/mol. The fourth-order valence-corrected chi connectivity index (χ4v) is 2.86. The number of aromatic nitrogens is 3. The molecule has 2 N–H and O–H groups in total. The van der Waals surface area contributed by atoms with Gasteiger partial charge in [0.05, 0.1) is 6.54 Å². The van der Waals surface area contributed by atoms with Crippen LogP contribution in [0.1, 0.15) is 38.9 Å². The van der Waals surface area contributed by atoms with Crippen molar-refractivity contribution < 1.29 is 0 Å². The van der Waals surface area contributed by atoms with Gasteiger partial charge in [-0.2, -0.15) is 0 Å². The van der Waals surface area contributed by atoms with E-state index in [2.05, 4.69) is 49.1 Å². The second-order valence-corrected chi connectivity index (χ2v) is 5.88. The van der Waals surface area contributed by atoms with Crippen molar-refractivity contribution in [2.24, 2.45) is 4.99 Å². The SMILES string of the molecule is CCNC(=NCCN1CCCCC1)NCCn1cnnc1CC.I.